The Morgan fingerprint density at radius 3 is 1.87 bits per heavy atom. The van der Waals surface area contributed by atoms with Crippen molar-refractivity contribution >= 4 is 22.1 Å². The molecule has 0 spiro atoms. The van der Waals surface area contributed by atoms with Crippen LogP contribution < -0.4 is 0 Å². The summed E-state index contributed by atoms with van der Waals surface area (Å²) in [6, 6.07) is 0. The van der Waals surface area contributed by atoms with Gasteiger partial charge in [-0.1, -0.05) is 12.8 Å². The van der Waals surface area contributed by atoms with Crippen molar-refractivity contribution < 1.29 is 40.8 Å². The summed E-state index contributed by atoms with van der Waals surface area (Å²) in [6.45, 7) is 0.706. The normalized spacial score (nSPS) is 38.5. The van der Waals surface area contributed by atoms with Gasteiger partial charge in [0.1, 0.15) is 5.60 Å². The summed E-state index contributed by atoms with van der Waals surface area (Å²) >= 11 is 0. The molecule has 10 heteroatoms. The summed E-state index contributed by atoms with van der Waals surface area (Å²) in [7, 11) is -5.74. The van der Waals surface area contributed by atoms with E-state index < -0.39 is 50.9 Å². The molecule has 0 radical (unpaired) electrons. The van der Waals surface area contributed by atoms with E-state index in [1.54, 1.807) is 0 Å². The van der Waals surface area contributed by atoms with Gasteiger partial charge in [0.05, 0.1) is 11.8 Å². The van der Waals surface area contributed by atoms with E-state index in [4.69, 9.17) is 14.0 Å². The van der Waals surface area contributed by atoms with E-state index in [0.717, 1.165) is 19.3 Å². The average molecular weight is 465 g/mol. The van der Waals surface area contributed by atoms with E-state index in [0.29, 0.717) is 43.9 Å². The average Bonchev–Trinajstić information content (AvgIpc) is 2.65. The maximum atomic E-state index is 13.8. The van der Waals surface area contributed by atoms with Gasteiger partial charge in [0.2, 0.25) is 0 Å². The van der Waals surface area contributed by atoms with Crippen LogP contribution in [-0.4, -0.2) is 41.9 Å². The van der Waals surface area contributed by atoms with E-state index in [9.17, 15) is 26.8 Å². The molecule has 0 amide bonds. The first-order valence-electron chi connectivity index (χ1n) is 11.2. The molecule has 176 valence electrons. The van der Waals surface area contributed by atoms with Gasteiger partial charge < -0.3 is 9.47 Å². The minimum Gasteiger partial charge on any atom is -0.459 e. The number of carbonyl (C=O) groups is 2. The zero-order valence-electron chi connectivity index (χ0n) is 17.6. The van der Waals surface area contributed by atoms with E-state index in [1.165, 1.54) is 19.3 Å². The van der Waals surface area contributed by atoms with Crippen molar-refractivity contribution in [3.8, 4) is 0 Å². The summed E-state index contributed by atoms with van der Waals surface area (Å²) in [5.41, 5.74) is -0.469. The first-order valence-corrected chi connectivity index (χ1v) is 12.6. The number of hydrogen-bond acceptors (Lipinski definition) is 6. The predicted octanol–water partition coefficient (Wildman–Crippen LogP) is 3.72. The lowest BCUT2D eigenvalue weighted by Gasteiger charge is -2.56. The molecule has 0 aliphatic heterocycles. The fraction of sp³-hybridized carbons (Fsp3) is 0.905. The van der Waals surface area contributed by atoms with E-state index in [-0.39, 0.29) is 6.42 Å². The summed E-state index contributed by atoms with van der Waals surface area (Å²) in [4.78, 5) is 25.7. The molecule has 7 nitrogen and oxygen atoms in total. The Morgan fingerprint density at radius 2 is 1.42 bits per heavy atom. The molecular weight excluding hydrogens is 434 g/mol. The summed E-state index contributed by atoms with van der Waals surface area (Å²) in [5.74, 6) is -1.55. The molecule has 5 rings (SSSR count). The van der Waals surface area contributed by atoms with Gasteiger partial charge in [-0.25, -0.2) is 0 Å². The number of alkyl halides is 2. The molecule has 5 fully saturated rings. The molecule has 1 N–H and O–H groups in total. The van der Waals surface area contributed by atoms with E-state index in [1.807, 2.05) is 0 Å². The number of halogens is 2. The fourth-order valence-electron chi connectivity index (χ4n) is 6.68. The van der Waals surface area contributed by atoms with Crippen molar-refractivity contribution in [2.75, 3.05) is 0 Å². The van der Waals surface area contributed by atoms with Gasteiger partial charge in [-0.15, -0.1) is 0 Å². The molecule has 31 heavy (non-hydrogen) atoms. The SMILES string of the molecule is CC(OC(=O)C1CCCCC1C(=O)OC12CC3CC(CC(C3)C1)C2)C(F)(F)S(=O)(=O)O. The number of esters is 2. The Kier molecular flexibility index (Phi) is 5.86. The lowest BCUT2D eigenvalue weighted by molar-refractivity contribution is -0.197. The molecule has 0 saturated heterocycles. The van der Waals surface area contributed by atoms with E-state index in [2.05, 4.69) is 0 Å². The highest BCUT2D eigenvalue weighted by atomic mass is 32.2. The van der Waals surface area contributed by atoms with Crippen molar-refractivity contribution in [1.82, 2.24) is 0 Å². The topological polar surface area (TPSA) is 107 Å². The third-order valence-corrected chi connectivity index (χ3v) is 8.80. The Morgan fingerprint density at radius 1 is 0.968 bits per heavy atom. The largest absolute Gasteiger partial charge is 0.459 e. The Bertz CT molecular complexity index is 805. The van der Waals surface area contributed by atoms with Crippen LogP contribution in [0.25, 0.3) is 0 Å². The molecule has 0 heterocycles. The van der Waals surface area contributed by atoms with Crippen LogP contribution in [0.1, 0.15) is 71.1 Å². The van der Waals surface area contributed by atoms with Crippen LogP contribution in [0.4, 0.5) is 8.78 Å². The van der Waals surface area contributed by atoms with Gasteiger partial charge >= 0.3 is 27.3 Å². The number of carbonyl (C=O) groups excluding carboxylic acids is 2. The van der Waals surface area contributed by atoms with Gasteiger partial charge in [0.15, 0.2) is 6.10 Å². The quantitative estimate of drug-likeness (QED) is 0.472. The molecule has 5 aliphatic rings. The first-order chi connectivity index (χ1) is 14.4. The Hall–Kier alpha value is -1.29. The highest BCUT2D eigenvalue weighted by Crippen LogP contribution is 2.57. The van der Waals surface area contributed by atoms with Crippen LogP contribution in [0, 0.1) is 29.6 Å². The molecular formula is C21H30F2O7S. The maximum Gasteiger partial charge on any atom is 0.405 e. The van der Waals surface area contributed by atoms with Gasteiger partial charge in [-0.2, -0.15) is 17.2 Å². The highest BCUT2D eigenvalue weighted by molar-refractivity contribution is 7.86. The van der Waals surface area contributed by atoms with Crippen molar-refractivity contribution in [2.24, 2.45) is 29.6 Å². The first kappa shape index (κ1) is 22.9. The van der Waals surface area contributed by atoms with E-state index >= 15 is 0 Å². The summed E-state index contributed by atoms with van der Waals surface area (Å²) < 4.78 is 68.9. The lowest BCUT2D eigenvalue weighted by Crippen LogP contribution is -2.54. The van der Waals surface area contributed by atoms with Gasteiger partial charge in [0, 0.05) is 0 Å². The van der Waals surface area contributed by atoms with Gasteiger partial charge in [-0.3, -0.25) is 14.1 Å². The standard InChI is InChI=1S/C21H30F2O7S/c1-12(21(22,23)31(26,27)28)29-18(24)16-4-2-3-5-17(16)19(25)30-20-9-13-6-14(10-20)8-15(7-13)11-20/h12-17H,2-11H2,1H3,(H,26,27,28). The minimum atomic E-state index is -5.74. The van der Waals surface area contributed by atoms with Crippen LogP contribution in [-0.2, 0) is 29.2 Å². The molecule has 4 bridgehead atoms. The van der Waals surface area contributed by atoms with Crippen molar-refractivity contribution in [2.45, 2.75) is 88.1 Å². The van der Waals surface area contributed by atoms with Crippen molar-refractivity contribution in [3.63, 3.8) is 0 Å². The number of hydrogen-bond donors (Lipinski definition) is 1. The summed E-state index contributed by atoms with van der Waals surface area (Å²) in [5, 5.41) is -4.63. The van der Waals surface area contributed by atoms with Crippen LogP contribution in [0.3, 0.4) is 0 Å². The maximum absolute atomic E-state index is 13.8. The smallest absolute Gasteiger partial charge is 0.405 e. The lowest BCUT2D eigenvalue weighted by atomic mass is 9.54. The second-order valence-corrected chi connectivity index (χ2v) is 11.6. The molecule has 0 aromatic rings. The second kappa shape index (κ2) is 7.93. The fourth-order valence-corrected chi connectivity index (χ4v) is 7.15. The molecule has 5 saturated carbocycles. The molecule has 5 aliphatic carbocycles. The third kappa shape index (κ3) is 4.34. The minimum absolute atomic E-state index is 0.281. The number of ether oxygens (including phenoxy) is 2. The predicted molar refractivity (Wildman–Crippen MR) is 104 cm³/mol. The second-order valence-electron chi connectivity index (χ2n) is 10.1. The zero-order valence-corrected chi connectivity index (χ0v) is 18.4. The van der Waals surface area contributed by atoms with Gasteiger partial charge in [0.25, 0.3) is 0 Å². The molecule has 3 unspecified atom stereocenters. The zero-order chi connectivity index (χ0) is 22.6. The van der Waals surface area contributed by atoms with Crippen LogP contribution in [0.2, 0.25) is 0 Å². The van der Waals surface area contributed by atoms with Crippen LogP contribution in [0.15, 0.2) is 0 Å². The van der Waals surface area contributed by atoms with Gasteiger partial charge in [-0.05, 0) is 76.0 Å². The Labute approximate surface area is 181 Å². The summed E-state index contributed by atoms with van der Waals surface area (Å²) in [6.07, 6.45) is 5.76. The highest BCUT2D eigenvalue weighted by Gasteiger charge is 2.55. The molecule has 0 aromatic heterocycles. The van der Waals surface area contributed by atoms with Crippen LogP contribution in [0.5, 0.6) is 0 Å². The third-order valence-electron chi connectivity index (χ3n) is 7.78. The van der Waals surface area contributed by atoms with Crippen LogP contribution >= 0.6 is 0 Å². The van der Waals surface area contributed by atoms with Crippen molar-refractivity contribution in [1.29, 1.82) is 0 Å². The molecule has 3 atom stereocenters. The monoisotopic (exact) mass is 464 g/mol. The van der Waals surface area contributed by atoms with Crippen molar-refractivity contribution in [3.05, 3.63) is 0 Å². The number of rotatable bonds is 6. The molecule has 0 aromatic carbocycles. The Balaban J connectivity index is 1.44.